The lowest BCUT2D eigenvalue weighted by Gasteiger charge is -2.30. The monoisotopic (exact) mass is 485 g/mol. The number of anilines is 4. The van der Waals surface area contributed by atoms with Crippen molar-refractivity contribution in [2.24, 2.45) is 0 Å². The van der Waals surface area contributed by atoms with Crippen LogP contribution in [-0.4, -0.2) is 61.9 Å². The van der Waals surface area contributed by atoms with E-state index in [-0.39, 0.29) is 11.9 Å². The van der Waals surface area contributed by atoms with Gasteiger partial charge >= 0.3 is 0 Å². The fraction of sp³-hybridized carbons (Fsp3) is 0.280. The first-order valence-corrected chi connectivity index (χ1v) is 12.0. The van der Waals surface area contributed by atoms with Gasteiger partial charge in [0.25, 0.3) is 5.91 Å². The normalized spacial score (nSPS) is 14.1. The second kappa shape index (κ2) is 9.00. The summed E-state index contributed by atoms with van der Waals surface area (Å²) in [4.78, 5) is 28.1. The van der Waals surface area contributed by atoms with Gasteiger partial charge in [0, 0.05) is 42.6 Å². The number of imidazole rings is 2. The molecule has 11 heteroatoms. The molecule has 2 aromatic carbocycles. The number of amides is 1. The van der Waals surface area contributed by atoms with Crippen LogP contribution < -0.4 is 15.5 Å². The Balaban J connectivity index is 1.36. The van der Waals surface area contributed by atoms with Crippen LogP contribution >= 0.6 is 0 Å². The predicted octanol–water partition coefficient (Wildman–Crippen LogP) is 4.05. The Kier molecular flexibility index (Phi) is 5.53. The predicted molar refractivity (Wildman–Crippen MR) is 139 cm³/mol. The molecule has 4 heterocycles. The summed E-state index contributed by atoms with van der Waals surface area (Å²) in [5, 5.41) is 14.3. The number of rotatable bonds is 6. The van der Waals surface area contributed by atoms with E-state index in [0.29, 0.717) is 49.5 Å². The molecule has 6 rings (SSSR count). The number of carbonyl (C=O) groups excluding carboxylic acids is 1. The van der Waals surface area contributed by atoms with Gasteiger partial charge in [0.2, 0.25) is 11.9 Å². The van der Waals surface area contributed by atoms with Crippen molar-refractivity contribution in [2.75, 3.05) is 41.8 Å². The molecule has 0 saturated carbocycles. The van der Waals surface area contributed by atoms with Gasteiger partial charge in [-0.3, -0.25) is 15.2 Å². The van der Waals surface area contributed by atoms with Crippen molar-refractivity contribution < 1.29 is 9.53 Å². The number of carbonyl (C=O) groups is 1. The van der Waals surface area contributed by atoms with Crippen molar-refractivity contribution >= 4 is 51.1 Å². The Morgan fingerprint density at radius 2 is 2.00 bits per heavy atom. The first kappa shape index (κ1) is 22.1. The summed E-state index contributed by atoms with van der Waals surface area (Å²) in [5.41, 5.74) is 4.46. The lowest BCUT2D eigenvalue weighted by Crippen LogP contribution is -2.37. The zero-order valence-electron chi connectivity index (χ0n) is 20.1. The van der Waals surface area contributed by atoms with Crippen LogP contribution in [0.4, 0.5) is 23.3 Å². The highest BCUT2D eigenvalue weighted by molar-refractivity contribution is 6.11. The summed E-state index contributed by atoms with van der Waals surface area (Å²) in [5.74, 6) is 1.06. The molecule has 0 bridgehead atoms. The second-order valence-electron chi connectivity index (χ2n) is 9.07. The maximum Gasteiger partial charge on any atom is 0.257 e. The number of benzene rings is 2. The van der Waals surface area contributed by atoms with Gasteiger partial charge in [0.15, 0.2) is 0 Å². The summed E-state index contributed by atoms with van der Waals surface area (Å²) < 4.78 is 7.57. The summed E-state index contributed by atoms with van der Waals surface area (Å²) in [6.45, 7) is 6.81. The van der Waals surface area contributed by atoms with Crippen molar-refractivity contribution in [3.63, 3.8) is 0 Å². The molecule has 1 aliphatic rings. The Labute approximate surface area is 206 Å². The highest BCUT2D eigenvalue weighted by Gasteiger charge is 2.22. The molecule has 0 radical (unpaired) electrons. The molecular formula is C25H27N9O2. The van der Waals surface area contributed by atoms with Gasteiger partial charge in [-0.1, -0.05) is 0 Å². The molecule has 1 aliphatic heterocycles. The standard InChI is InChI=1S/C25H27N9O2/c1-15(2)34-6-5-26-25(34)31-24-29-20-12-18(22(13-21(20)30-24)33-7-9-36-10-8-33)23(35)28-17-4-3-16-14-27-32-19(16)11-17/h3-6,11-15H,7-10H2,1-2H3,(H,27,32)(H,28,35)(H2,26,29,30,31). The van der Waals surface area contributed by atoms with E-state index < -0.39 is 0 Å². The van der Waals surface area contributed by atoms with E-state index in [1.807, 2.05) is 41.1 Å². The minimum atomic E-state index is -0.197. The number of hydrogen-bond acceptors (Lipinski definition) is 7. The Bertz CT molecular complexity index is 1540. The molecule has 0 unspecified atom stereocenters. The number of fused-ring (bicyclic) bond motifs is 2. The number of hydrogen-bond donors (Lipinski definition) is 4. The topological polar surface area (TPSA) is 129 Å². The highest BCUT2D eigenvalue weighted by atomic mass is 16.5. The van der Waals surface area contributed by atoms with Gasteiger partial charge in [-0.2, -0.15) is 5.10 Å². The molecule has 0 atom stereocenters. The lowest BCUT2D eigenvalue weighted by molar-refractivity contribution is 0.102. The van der Waals surface area contributed by atoms with Gasteiger partial charge < -0.3 is 24.5 Å². The number of aromatic nitrogens is 6. The zero-order chi connectivity index (χ0) is 24.6. The van der Waals surface area contributed by atoms with Gasteiger partial charge in [-0.05, 0) is 44.2 Å². The van der Waals surface area contributed by atoms with E-state index in [1.165, 1.54) is 0 Å². The van der Waals surface area contributed by atoms with Crippen molar-refractivity contribution in [1.29, 1.82) is 0 Å². The number of ether oxygens (including phenoxy) is 1. The number of morpholine rings is 1. The molecule has 36 heavy (non-hydrogen) atoms. The van der Waals surface area contributed by atoms with E-state index in [9.17, 15) is 4.79 Å². The molecular weight excluding hydrogens is 458 g/mol. The molecule has 184 valence electrons. The van der Waals surface area contributed by atoms with E-state index in [4.69, 9.17) is 9.72 Å². The van der Waals surface area contributed by atoms with Crippen LogP contribution in [0.2, 0.25) is 0 Å². The minimum absolute atomic E-state index is 0.197. The third-order valence-corrected chi connectivity index (χ3v) is 6.35. The quantitative estimate of drug-likeness (QED) is 0.286. The number of nitrogens with one attached hydrogen (secondary N) is 4. The minimum Gasteiger partial charge on any atom is -0.378 e. The fourth-order valence-corrected chi connectivity index (χ4v) is 4.50. The molecule has 0 aliphatic carbocycles. The average Bonchev–Trinajstić information content (AvgIpc) is 3.62. The van der Waals surface area contributed by atoms with Crippen molar-refractivity contribution in [3.8, 4) is 0 Å². The number of H-pyrrole nitrogens is 2. The molecule has 3 aromatic heterocycles. The average molecular weight is 486 g/mol. The maximum absolute atomic E-state index is 13.5. The Morgan fingerprint density at radius 1 is 1.14 bits per heavy atom. The van der Waals surface area contributed by atoms with Crippen LogP contribution in [0.15, 0.2) is 48.9 Å². The van der Waals surface area contributed by atoms with Crippen LogP contribution in [0.25, 0.3) is 21.9 Å². The molecule has 1 fully saturated rings. The summed E-state index contributed by atoms with van der Waals surface area (Å²) in [7, 11) is 0. The molecule has 4 N–H and O–H groups in total. The molecule has 5 aromatic rings. The van der Waals surface area contributed by atoms with Gasteiger partial charge in [-0.15, -0.1) is 0 Å². The summed E-state index contributed by atoms with van der Waals surface area (Å²) >= 11 is 0. The molecule has 11 nitrogen and oxygen atoms in total. The fourth-order valence-electron chi connectivity index (χ4n) is 4.50. The van der Waals surface area contributed by atoms with Crippen molar-refractivity contribution in [2.45, 2.75) is 19.9 Å². The van der Waals surface area contributed by atoms with E-state index in [2.05, 4.69) is 49.5 Å². The van der Waals surface area contributed by atoms with Gasteiger partial charge in [-0.25, -0.2) is 9.97 Å². The van der Waals surface area contributed by atoms with Crippen LogP contribution in [0.1, 0.15) is 30.2 Å². The third-order valence-electron chi connectivity index (χ3n) is 6.35. The van der Waals surface area contributed by atoms with E-state index in [1.54, 1.807) is 12.4 Å². The van der Waals surface area contributed by atoms with Crippen LogP contribution in [0.3, 0.4) is 0 Å². The van der Waals surface area contributed by atoms with Crippen molar-refractivity contribution in [1.82, 2.24) is 29.7 Å². The first-order chi connectivity index (χ1) is 17.5. The molecule has 1 saturated heterocycles. The molecule has 1 amide bonds. The van der Waals surface area contributed by atoms with E-state index in [0.717, 1.165) is 27.6 Å². The lowest BCUT2D eigenvalue weighted by atomic mass is 10.1. The first-order valence-electron chi connectivity index (χ1n) is 12.0. The largest absolute Gasteiger partial charge is 0.378 e. The van der Waals surface area contributed by atoms with Gasteiger partial charge in [0.05, 0.1) is 47.2 Å². The summed E-state index contributed by atoms with van der Waals surface area (Å²) in [6.07, 6.45) is 5.43. The van der Waals surface area contributed by atoms with Crippen LogP contribution in [0, 0.1) is 0 Å². The van der Waals surface area contributed by atoms with Crippen LogP contribution in [-0.2, 0) is 4.74 Å². The Hall–Kier alpha value is -4.38. The third kappa shape index (κ3) is 4.13. The summed E-state index contributed by atoms with van der Waals surface area (Å²) in [6, 6.07) is 9.75. The second-order valence-corrected chi connectivity index (χ2v) is 9.07. The van der Waals surface area contributed by atoms with Gasteiger partial charge in [0.1, 0.15) is 0 Å². The number of nitrogens with zero attached hydrogens (tertiary/aromatic N) is 5. The highest BCUT2D eigenvalue weighted by Crippen LogP contribution is 2.30. The smallest absolute Gasteiger partial charge is 0.257 e. The van der Waals surface area contributed by atoms with E-state index >= 15 is 0 Å². The maximum atomic E-state index is 13.5. The molecule has 0 spiro atoms. The Morgan fingerprint density at radius 3 is 2.83 bits per heavy atom. The zero-order valence-corrected chi connectivity index (χ0v) is 20.1. The van der Waals surface area contributed by atoms with Crippen molar-refractivity contribution in [3.05, 3.63) is 54.5 Å². The SMILES string of the molecule is CC(C)n1ccnc1Nc1nc2cc(N3CCOCC3)c(C(=O)Nc3ccc4cn[nH]c4c3)cc2[nH]1. The number of aromatic amines is 2. The van der Waals surface area contributed by atoms with Crippen LogP contribution in [0.5, 0.6) is 0 Å².